The van der Waals surface area contributed by atoms with E-state index in [0.29, 0.717) is 6.54 Å². The lowest BCUT2D eigenvalue weighted by atomic mass is 9.91. The smallest absolute Gasteiger partial charge is 0.224 e. The molecule has 2 heterocycles. The standard InChI is InChI=1S/C13H25N3O2/c1-10-12(4-3-5-14-10)13(17)15-8-11-9-16(2)6-7-18-11/h10-12,14H,3-9H2,1-2H3,(H,15,17). The Hall–Kier alpha value is -0.650. The Kier molecular flexibility index (Phi) is 4.97. The van der Waals surface area contributed by atoms with Crippen LogP contribution in [0.4, 0.5) is 0 Å². The maximum absolute atomic E-state index is 12.1. The number of carbonyl (C=O) groups excluding carboxylic acids is 1. The Labute approximate surface area is 109 Å². The number of rotatable bonds is 3. The van der Waals surface area contributed by atoms with Crippen LogP contribution < -0.4 is 10.6 Å². The second kappa shape index (κ2) is 6.50. The lowest BCUT2D eigenvalue weighted by Crippen LogP contribution is -2.50. The van der Waals surface area contributed by atoms with Crippen LogP contribution in [0.2, 0.25) is 0 Å². The summed E-state index contributed by atoms with van der Waals surface area (Å²) in [4.78, 5) is 14.4. The van der Waals surface area contributed by atoms with Crippen LogP contribution >= 0.6 is 0 Å². The first-order chi connectivity index (χ1) is 8.66. The van der Waals surface area contributed by atoms with Crippen LogP contribution in [-0.2, 0) is 9.53 Å². The third-order valence-corrected chi connectivity index (χ3v) is 3.94. The molecule has 0 aromatic carbocycles. The minimum Gasteiger partial charge on any atom is -0.374 e. The SMILES string of the molecule is CC1NCCCC1C(=O)NCC1CN(C)CCO1. The molecule has 3 atom stereocenters. The molecule has 18 heavy (non-hydrogen) atoms. The normalized spacial score (nSPS) is 34.2. The molecule has 2 fully saturated rings. The number of hydrogen-bond acceptors (Lipinski definition) is 4. The summed E-state index contributed by atoms with van der Waals surface area (Å²) in [7, 11) is 2.09. The van der Waals surface area contributed by atoms with Crippen molar-refractivity contribution in [3.8, 4) is 0 Å². The highest BCUT2D eigenvalue weighted by Gasteiger charge is 2.28. The number of hydrogen-bond donors (Lipinski definition) is 2. The summed E-state index contributed by atoms with van der Waals surface area (Å²) in [5.74, 6) is 0.284. The van der Waals surface area contributed by atoms with E-state index in [4.69, 9.17) is 4.74 Å². The molecule has 2 rings (SSSR count). The molecule has 2 saturated heterocycles. The van der Waals surface area contributed by atoms with E-state index >= 15 is 0 Å². The molecule has 0 aliphatic carbocycles. The Morgan fingerprint density at radius 1 is 1.56 bits per heavy atom. The topological polar surface area (TPSA) is 53.6 Å². The first kappa shape index (κ1) is 13.8. The molecule has 2 aliphatic heterocycles. The quantitative estimate of drug-likeness (QED) is 0.735. The summed E-state index contributed by atoms with van der Waals surface area (Å²) in [5, 5.41) is 6.40. The molecule has 2 N–H and O–H groups in total. The molecule has 0 bridgehead atoms. The zero-order valence-electron chi connectivity index (χ0n) is 11.4. The summed E-state index contributed by atoms with van der Waals surface area (Å²) >= 11 is 0. The van der Waals surface area contributed by atoms with Gasteiger partial charge in [0.15, 0.2) is 0 Å². The Balaban J connectivity index is 1.73. The lowest BCUT2D eigenvalue weighted by Gasteiger charge is -2.32. The summed E-state index contributed by atoms with van der Waals surface area (Å²) in [5.41, 5.74) is 0. The number of nitrogens with zero attached hydrogens (tertiary/aromatic N) is 1. The fraction of sp³-hybridized carbons (Fsp3) is 0.923. The zero-order chi connectivity index (χ0) is 13.0. The summed E-state index contributed by atoms with van der Waals surface area (Å²) in [6, 6.07) is 0.286. The van der Waals surface area contributed by atoms with Gasteiger partial charge in [-0.2, -0.15) is 0 Å². The first-order valence-electron chi connectivity index (χ1n) is 6.98. The summed E-state index contributed by atoms with van der Waals surface area (Å²) < 4.78 is 5.64. The van der Waals surface area contributed by atoms with Gasteiger partial charge < -0.3 is 20.3 Å². The van der Waals surface area contributed by atoms with Gasteiger partial charge in [-0.3, -0.25) is 4.79 Å². The minimum absolute atomic E-state index is 0.111. The van der Waals surface area contributed by atoms with Crippen molar-refractivity contribution >= 4 is 5.91 Å². The fourth-order valence-corrected chi connectivity index (χ4v) is 2.74. The van der Waals surface area contributed by atoms with Gasteiger partial charge >= 0.3 is 0 Å². The number of piperidine rings is 1. The molecule has 0 spiro atoms. The van der Waals surface area contributed by atoms with Crippen molar-refractivity contribution in [1.29, 1.82) is 0 Å². The minimum atomic E-state index is 0.111. The van der Waals surface area contributed by atoms with Crippen LogP contribution in [-0.4, -0.2) is 62.8 Å². The van der Waals surface area contributed by atoms with Gasteiger partial charge in [0.25, 0.3) is 0 Å². The molecule has 0 radical (unpaired) electrons. The van der Waals surface area contributed by atoms with Gasteiger partial charge in [0.1, 0.15) is 0 Å². The monoisotopic (exact) mass is 255 g/mol. The second-order valence-corrected chi connectivity index (χ2v) is 5.49. The van der Waals surface area contributed by atoms with Gasteiger partial charge in [-0.15, -0.1) is 0 Å². The lowest BCUT2D eigenvalue weighted by molar-refractivity contribution is -0.127. The number of nitrogens with one attached hydrogen (secondary N) is 2. The van der Waals surface area contributed by atoms with Gasteiger partial charge in [0.05, 0.1) is 18.6 Å². The Bertz CT molecular complexity index is 285. The highest BCUT2D eigenvalue weighted by molar-refractivity contribution is 5.79. The van der Waals surface area contributed by atoms with E-state index in [-0.39, 0.29) is 24.0 Å². The maximum atomic E-state index is 12.1. The van der Waals surface area contributed by atoms with Gasteiger partial charge in [0.2, 0.25) is 5.91 Å². The molecule has 5 nitrogen and oxygen atoms in total. The van der Waals surface area contributed by atoms with Crippen LogP contribution in [0.15, 0.2) is 0 Å². The largest absolute Gasteiger partial charge is 0.374 e. The zero-order valence-corrected chi connectivity index (χ0v) is 11.4. The Morgan fingerprint density at radius 2 is 2.39 bits per heavy atom. The summed E-state index contributed by atoms with van der Waals surface area (Å²) in [6.07, 6.45) is 2.22. The van der Waals surface area contributed by atoms with E-state index in [0.717, 1.165) is 39.1 Å². The molecule has 1 amide bonds. The fourth-order valence-electron chi connectivity index (χ4n) is 2.74. The predicted octanol–water partition coefficient (Wildman–Crippen LogP) is -0.179. The number of likely N-dealkylation sites (N-methyl/N-ethyl adjacent to an activating group) is 1. The van der Waals surface area contributed by atoms with Crippen molar-refractivity contribution in [3.05, 3.63) is 0 Å². The molecule has 0 aromatic rings. The summed E-state index contributed by atoms with van der Waals surface area (Å²) in [6.45, 7) is 6.40. The number of morpholine rings is 1. The number of carbonyl (C=O) groups is 1. The van der Waals surface area contributed by atoms with Crippen LogP contribution in [0.25, 0.3) is 0 Å². The third-order valence-electron chi connectivity index (χ3n) is 3.94. The van der Waals surface area contributed by atoms with Crippen LogP contribution in [0.5, 0.6) is 0 Å². The van der Waals surface area contributed by atoms with Gasteiger partial charge in [0, 0.05) is 25.7 Å². The van der Waals surface area contributed by atoms with E-state index in [1.165, 1.54) is 0 Å². The van der Waals surface area contributed by atoms with E-state index in [9.17, 15) is 4.79 Å². The van der Waals surface area contributed by atoms with Gasteiger partial charge in [-0.25, -0.2) is 0 Å². The maximum Gasteiger partial charge on any atom is 0.224 e. The molecule has 3 unspecified atom stereocenters. The van der Waals surface area contributed by atoms with Crippen LogP contribution in [0, 0.1) is 5.92 Å². The second-order valence-electron chi connectivity index (χ2n) is 5.49. The number of amides is 1. The van der Waals surface area contributed by atoms with Crippen molar-refractivity contribution in [2.24, 2.45) is 5.92 Å². The van der Waals surface area contributed by atoms with Crippen molar-refractivity contribution in [1.82, 2.24) is 15.5 Å². The molecule has 104 valence electrons. The van der Waals surface area contributed by atoms with Crippen molar-refractivity contribution in [2.45, 2.75) is 31.9 Å². The van der Waals surface area contributed by atoms with Crippen molar-refractivity contribution < 1.29 is 9.53 Å². The molecule has 2 aliphatic rings. The van der Waals surface area contributed by atoms with Gasteiger partial charge in [-0.1, -0.05) is 0 Å². The molecular weight excluding hydrogens is 230 g/mol. The predicted molar refractivity (Wildman–Crippen MR) is 70.4 cm³/mol. The Morgan fingerprint density at radius 3 is 3.11 bits per heavy atom. The van der Waals surface area contributed by atoms with E-state index < -0.39 is 0 Å². The molecule has 0 aromatic heterocycles. The van der Waals surface area contributed by atoms with Crippen molar-refractivity contribution in [2.75, 3.05) is 39.8 Å². The average Bonchev–Trinajstić information content (AvgIpc) is 2.37. The molecule has 5 heteroatoms. The van der Waals surface area contributed by atoms with E-state index in [1.54, 1.807) is 0 Å². The highest BCUT2D eigenvalue weighted by Crippen LogP contribution is 2.16. The molecular formula is C13H25N3O2. The first-order valence-corrected chi connectivity index (χ1v) is 6.98. The average molecular weight is 255 g/mol. The van der Waals surface area contributed by atoms with E-state index in [2.05, 4.69) is 29.5 Å². The highest BCUT2D eigenvalue weighted by atomic mass is 16.5. The number of ether oxygens (including phenoxy) is 1. The van der Waals surface area contributed by atoms with Gasteiger partial charge in [-0.05, 0) is 33.4 Å². The molecule has 0 saturated carbocycles. The van der Waals surface area contributed by atoms with E-state index in [1.807, 2.05) is 0 Å². The van der Waals surface area contributed by atoms with Crippen LogP contribution in [0.3, 0.4) is 0 Å². The van der Waals surface area contributed by atoms with Crippen LogP contribution in [0.1, 0.15) is 19.8 Å². The van der Waals surface area contributed by atoms with Crippen molar-refractivity contribution in [3.63, 3.8) is 0 Å². The third kappa shape index (κ3) is 3.67.